The summed E-state index contributed by atoms with van der Waals surface area (Å²) in [4.78, 5) is 9.35. The van der Waals surface area contributed by atoms with E-state index in [0.717, 1.165) is 23.5 Å². The molecule has 0 spiro atoms. The van der Waals surface area contributed by atoms with E-state index in [0.29, 0.717) is 9.90 Å². The van der Waals surface area contributed by atoms with Gasteiger partial charge in [0.1, 0.15) is 15.7 Å². The molecule has 4 rings (SSSR count). The van der Waals surface area contributed by atoms with Crippen LogP contribution in [0.15, 0.2) is 57.3 Å². The van der Waals surface area contributed by atoms with Gasteiger partial charge >= 0.3 is 6.16 Å². The summed E-state index contributed by atoms with van der Waals surface area (Å²) in [5, 5.41) is 17.9. The summed E-state index contributed by atoms with van der Waals surface area (Å²) in [5.41, 5.74) is 1.86. The van der Waals surface area contributed by atoms with Crippen molar-refractivity contribution in [2.45, 2.75) is 35.9 Å². The van der Waals surface area contributed by atoms with Crippen LogP contribution in [0.25, 0.3) is 10.6 Å². The van der Waals surface area contributed by atoms with Gasteiger partial charge in [-0.1, -0.05) is 42.4 Å². The van der Waals surface area contributed by atoms with E-state index in [1.54, 1.807) is 12.1 Å². The number of rotatable bonds is 6. The molecule has 1 saturated carbocycles. The van der Waals surface area contributed by atoms with Gasteiger partial charge in [0.05, 0.1) is 4.88 Å². The topological polar surface area (TPSA) is 130 Å². The zero-order chi connectivity index (χ0) is 21.0. The molecule has 8 nitrogen and oxygen atoms in total. The molecule has 29 heavy (non-hydrogen) atoms. The number of aryl methyl sites for hydroxylation is 1. The summed E-state index contributed by atoms with van der Waals surface area (Å²) in [7, 11) is -3.51. The molecule has 1 aromatic carbocycles. The van der Waals surface area contributed by atoms with Crippen LogP contribution in [0.3, 0.4) is 0 Å². The smallest absolute Gasteiger partial charge is 0.450 e. The zero-order valence-corrected chi connectivity index (χ0v) is 17.1. The Morgan fingerprint density at radius 2 is 1.93 bits per heavy atom. The second-order valence-corrected chi connectivity index (χ2v) is 9.44. The van der Waals surface area contributed by atoms with E-state index in [4.69, 9.17) is 19.5 Å². The predicted octanol–water partition coefficient (Wildman–Crippen LogP) is 4.02. The highest BCUT2D eigenvalue weighted by Gasteiger charge is 2.41. The number of carbonyl (C=O) groups is 1. The van der Waals surface area contributed by atoms with Crippen molar-refractivity contribution in [3.05, 3.63) is 59.9 Å². The molecule has 0 bridgehead atoms. The number of hydrogen-bond donors (Lipinski definition) is 3. The number of benzene rings is 1. The first kappa shape index (κ1) is 21.0. The van der Waals surface area contributed by atoms with E-state index < -0.39 is 16.2 Å². The van der Waals surface area contributed by atoms with Crippen LogP contribution in [0.4, 0.5) is 4.79 Å². The molecule has 0 amide bonds. The first-order chi connectivity index (χ1) is 13.8. The number of carboxylic acid groups (broad SMARTS) is 2. The van der Waals surface area contributed by atoms with Crippen molar-refractivity contribution >= 4 is 27.5 Å². The highest BCUT2D eigenvalue weighted by molar-refractivity contribution is 7.91. The van der Waals surface area contributed by atoms with Gasteiger partial charge in [0, 0.05) is 24.4 Å². The fourth-order valence-electron chi connectivity index (χ4n) is 2.85. The summed E-state index contributed by atoms with van der Waals surface area (Å²) < 4.78 is 33.6. The van der Waals surface area contributed by atoms with Crippen LogP contribution in [-0.2, 0) is 16.4 Å². The van der Waals surface area contributed by atoms with E-state index in [2.05, 4.69) is 9.88 Å². The lowest BCUT2D eigenvalue weighted by Gasteiger charge is -2.04. The van der Waals surface area contributed by atoms with Crippen molar-refractivity contribution in [2.24, 2.45) is 0 Å². The second-order valence-electron chi connectivity index (χ2n) is 6.41. The maximum absolute atomic E-state index is 12.6. The SMILES string of the molecule is CCc1cc(-c2ccc(S(=O)(=O)N[C@H]3C[C@@H]3c3ccccc3)s2)no1.O=C(O)O. The van der Waals surface area contributed by atoms with Gasteiger partial charge < -0.3 is 14.7 Å². The normalized spacial score (nSPS) is 18.0. The minimum atomic E-state index is -3.51. The van der Waals surface area contributed by atoms with Gasteiger partial charge in [-0.15, -0.1) is 11.3 Å². The monoisotopic (exact) mass is 436 g/mol. The molecule has 3 aromatic rings. The Bertz CT molecular complexity index is 1070. The van der Waals surface area contributed by atoms with Gasteiger partial charge in [0.25, 0.3) is 0 Å². The molecular formula is C19H20N2O6S2. The first-order valence-electron chi connectivity index (χ1n) is 8.85. The van der Waals surface area contributed by atoms with Crippen LogP contribution in [0.5, 0.6) is 0 Å². The molecule has 0 aliphatic heterocycles. The largest absolute Gasteiger partial charge is 0.503 e. The Balaban J connectivity index is 0.000000552. The third kappa shape index (κ3) is 5.43. The van der Waals surface area contributed by atoms with Crippen LogP contribution in [0.2, 0.25) is 0 Å². The lowest BCUT2D eigenvalue weighted by atomic mass is 10.1. The maximum atomic E-state index is 12.6. The summed E-state index contributed by atoms with van der Waals surface area (Å²) in [6.45, 7) is 1.98. The molecule has 2 aromatic heterocycles. The molecule has 2 heterocycles. The molecule has 1 aliphatic rings. The number of hydrogen-bond acceptors (Lipinski definition) is 6. The molecule has 10 heteroatoms. The average Bonchev–Trinajstić information content (AvgIpc) is 3.10. The third-order valence-corrected chi connectivity index (χ3v) is 7.42. The summed E-state index contributed by atoms with van der Waals surface area (Å²) in [6.07, 6.45) is -0.238. The third-order valence-electron chi connectivity index (χ3n) is 4.33. The molecule has 1 aliphatic carbocycles. The van der Waals surface area contributed by atoms with Gasteiger partial charge in [-0.25, -0.2) is 17.9 Å². The minimum Gasteiger partial charge on any atom is -0.450 e. The fourth-order valence-corrected chi connectivity index (χ4v) is 5.41. The van der Waals surface area contributed by atoms with Crippen molar-refractivity contribution in [2.75, 3.05) is 0 Å². The summed E-state index contributed by atoms with van der Waals surface area (Å²) in [5.74, 6) is 1.05. The molecule has 0 radical (unpaired) electrons. The van der Waals surface area contributed by atoms with E-state index >= 15 is 0 Å². The number of nitrogens with one attached hydrogen (secondary N) is 1. The lowest BCUT2D eigenvalue weighted by Crippen LogP contribution is -2.26. The summed E-state index contributed by atoms with van der Waals surface area (Å²) >= 11 is 1.21. The Morgan fingerprint density at radius 1 is 1.24 bits per heavy atom. The Morgan fingerprint density at radius 3 is 2.55 bits per heavy atom. The average molecular weight is 437 g/mol. The van der Waals surface area contributed by atoms with Gasteiger partial charge in [-0.05, 0) is 24.1 Å². The molecular weight excluding hydrogens is 416 g/mol. The maximum Gasteiger partial charge on any atom is 0.503 e. The summed E-state index contributed by atoms with van der Waals surface area (Å²) in [6, 6.07) is 15.2. The van der Waals surface area contributed by atoms with Gasteiger partial charge in [0.15, 0.2) is 0 Å². The van der Waals surface area contributed by atoms with Crippen LogP contribution in [0.1, 0.15) is 30.6 Å². The quantitative estimate of drug-likeness (QED) is 0.532. The van der Waals surface area contributed by atoms with Gasteiger partial charge in [-0.3, -0.25) is 0 Å². The number of sulfonamides is 1. The number of thiophene rings is 1. The second kappa shape index (κ2) is 8.76. The lowest BCUT2D eigenvalue weighted by molar-refractivity contribution is 0.137. The van der Waals surface area contributed by atoms with Crippen molar-refractivity contribution in [1.29, 1.82) is 0 Å². The number of nitrogens with zero attached hydrogens (tertiary/aromatic N) is 1. The molecule has 0 saturated heterocycles. The zero-order valence-electron chi connectivity index (χ0n) is 15.5. The molecule has 1 fully saturated rings. The van der Waals surface area contributed by atoms with E-state index in [1.165, 1.54) is 16.9 Å². The molecule has 154 valence electrons. The van der Waals surface area contributed by atoms with Crippen molar-refractivity contribution in [1.82, 2.24) is 9.88 Å². The molecule has 0 unspecified atom stereocenters. The Hall–Kier alpha value is -2.69. The first-order valence-corrected chi connectivity index (χ1v) is 11.1. The van der Waals surface area contributed by atoms with Gasteiger partial charge in [-0.2, -0.15) is 0 Å². The molecule has 3 N–H and O–H groups in total. The van der Waals surface area contributed by atoms with Crippen molar-refractivity contribution < 1.29 is 27.9 Å². The van der Waals surface area contributed by atoms with Crippen molar-refractivity contribution in [3.8, 4) is 10.6 Å². The van der Waals surface area contributed by atoms with Crippen LogP contribution in [-0.4, -0.2) is 36.0 Å². The fraction of sp³-hybridized carbons (Fsp3) is 0.263. The van der Waals surface area contributed by atoms with Crippen molar-refractivity contribution in [3.63, 3.8) is 0 Å². The highest BCUT2D eigenvalue weighted by Crippen LogP contribution is 2.42. The van der Waals surface area contributed by atoms with E-state index in [1.807, 2.05) is 43.3 Å². The highest BCUT2D eigenvalue weighted by atomic mass is 32.2. The standard InChI is InChI=1S/C18H18N2O3S2.CH2O3/c1-2-13-10-16(19-23-13)17-8-9-18(24-17)25(21,22)20-15-11-14(15)12-6-4-3-5-7-12;2-1(3)4/h3-10,14-15,20H,2,11H2,1H3;(H2,2,3,4)/t14-,15+;/m1./s1. The Labute approximate surface area is 171 Å². The van der Waals surface area contributed by atoms with Gasteiger partial charge in [0.2, 0.25) is 10.0 Å². The molecule has 2 atom stereocenters. The predicted molar refractivity (Wildman–Crippen MR) is 108 cm³/mol. The van der Waals surface area contributed by atoms with Crippen LogP contribution >= 0.6 is 11.3 Å². The Kier molecular flexibility index (Phi) is 6.36. The van der Waals surface area contributed by atoms with E-state index in [9.17, 15) is 8.42 Å². The van der Waals surface area contributed by atoms with E-state index in [-0.39, 0.29) is 12.0 Å². The van der Waals surface area contributed by atoms with Crippen LogP contribution < -0.4 is 4.72 Å². The number of aromatic nitrogens is 1. The van der Waals surface area contributed by atoms with Crippen LogP contribution in [0, 0.1) is 0 Å². The minimum absolute atomic E-state index is 0.0308.